The average Bonchev–Trinajstić information content (AvgIpc) is 3.39. The number of hydrazine groups is 1. The SMILES string of the molecule is COc1ccc(C2C3=CCC4C(=O)N(C)C(=O)C4C3CC3C(=O)N(Nc4ccc(C)cc4)C(=O)C32c2ccccc2)cc1O. The number of fused-ring (bicyclic) bond motifs is 4. The van der Waals surface area contributed by atoms with Crippen LogP contribution < -0.4 is 10.2 Å². The number of hydrogen-bond acceptors (Lipinski definition) is 7. The van der Waals surface area contributed by atoms with Crippen LogP contribution in [-0.4, -0.2) is 52.8 Å². The minimum atomic E-state index is -1.39. The van der Waals surface area contributed by atoms with Crippen LogP contribution in [0, 0.1) is 30.6 Å². The molecule has 1 saturated carbocycles. The summed E-state index contributed by atoms with van der Waals surface area (Å²) in [6, 6.07) is 21.8. The van der Waals surface area contributed by atoms with Crippen molar-refractivity contribution < 1.29 is 29.0 Å². The van der Waals surface area contributed by atoms with Gasteiger partial charge in [0, 0.05) is 13.0 Å². The van der Waals surface area contributed by atoms with Crippen molar-refractivity contribution in [3.05, 3.63) is 101 Å². The first-order valence-electron chi connectivity index (χ1n) is 14.8. The van der Waals surface area contributed by atoms with Crippen LogP contribution >= 0.6 is 0 Å². The Morgan fingerprint density at radius 3 is 2.32 bits per heavy atom. The van der Waals surface area contributed by atoms with Gasteiger partial charge in [0.1, 0.15) is 0 Å². The predicted molar refractivity (Wildman–Crippen MR) is 161 cm³/mol. The monoisotopic (exact) mass is 591 g/mol. The maximum atomic E-state index is 15.0. The van der Waals surface area contributed by atoms with Crippen molar-refractivity contribution >= 4 is 29.3 Å². The number of anilines is 1. The molecule has 4 amide bonds. The van der Waals surface area contributed by atoms with E-state index in [2.05, 4.69) is 5.43 Å². The highest BCUT2D eigenvalue weighted by Gasteiger charge is 2.70. The minimum absolute atomic E-state index is 0.0977. The Bertz CT molecular complexity index is 1730. The molecule has 0 aromatic heterocycles. The summed E-state index contributed by atoms with van der Waals surface area (Å²) in [5.74, 6) is -4.24. The lowest BCUT2D eigenvalue weighted by atomic mass is 9.49. The van der Waals surface area contributed by atoms with Gasteiger partial charge in [-0.2, -0.15) is 5.01 Å². The molecule has 3 aromatic carbocycles. The first kappa shape index (κ1) is 27.9. The van der Waals surface area contributed by atoms with E-state index in [4.69, 9.17) is 4.74 Å². The Morgan fingerprint density at radius 1 is 0.909 bits per heavy atom. The Morgan fingerprint density at radius 2 is 1.64 bits per heavy atom. The number of carbonyl (C=O) groups is 4. The second-order valence-corrected chi connectivity index (χ2v) is 12.3. The number of imide groups is 2. The first-order valence-corrected chi connectivity index (χ1v) is 14.8. The van der Waals surface area contributed by atoms with Gasteiger partial charge in [0.15, 0.2) is 11.5 Å². The molecule has 7 rings (SSSR count). The number of phenolic OH excluding ortho intramolecular Hbond substituents is 1. The molecule has 6 atom stereocenters. The Labute approximate surface area is 255 Å². The molecule has 0 bridgehead atoms. The lowest BCUT2D eigenvalue weighted by molar-refractivity contribution is -0.140. The highest BCUT2D eigenvalue weighted by molar-refractivity contribution is 6.13. The predicted octanol–water partition coefficient (Wildman–Crippen LogP) is 4.32. The molecule has 2 heterocycles. The van der Waals surface area contributed by atoms with E-state index in [1.807, 2.05) is 73.7 Å². The van der Waals surface area contributed by atoms with Crippen LogP contribution in [0.15, 0.2) is 84.4 Å². The van der Waals surface area contributed by atoms with Crippen molar-refractivity contribution in [1.82, 2.24) is 9.91 Å². The number of aryl methyl sites for hydroxylation is 1. The van der Waals surface area contributed by atoms with Crippen LogP contribution in [0.4, 0.5) is 5.69 Å². The smallest absolute Gasteiger partial charge is 0.260 e. The van der Waals surface area contributed by atoms with Gasteiger partial charge < -0.3 is 9.84 Å². The van der Waals surface area contributed by atoms with Gasteiger partial charge in [-0.15, -0.1) is 0 Å². The second-order valence-electron chi connectivity index (χ2n) is 12.3. The number of methoxy groups -OCH3 is 1. The number of hydrogen-bond donors (Lipinski definition) is 2. The van der Waals surface area contributed by atoms with Gasteiger partial charge in [-0.05, 0) is 61.1 Å². The largest absolute Gasteiger partial charge is 0.504 e. The van der Waals surface area contributed by atoms with Crippen LogP contribution in [-0.2, 0) is 24.6 Å². The van der Waals surface area contributed by atoms with E-state index < -0.39 is 46.8 Å². The fraction of sp³-hybridized carbons (Fsp3) is 0.314. The van der Waals surface area contributed by atoms with E-state index in [9.17, 15) is 19.5 Å². The summed E-state index contributed by atoms with van der Waals surface area (Å²) in [5, 5.41) is 12.1. The van der Waals surface area contributed by atoms with E-state index in [0.29, 0.717) is 23.2 Å². The first-order chi connectivity index (χ1) is 21.2. The van der Waals surface area contributed by atoms with Crippen molar-refractivity contribution in [2.24, 2.45) is 23.7 Å². The number of rotatable bonds is 5. The molecule has 9 nitrogen and oxygen atoms in total. The number of carbonyl (C=O) groups excluding carboxylic acids is 4. The molecule has 224 valence electrons. The van der Waals surface area contributed by atoms with Crippen LogP contribution in [0.1, 0.15) is 35.4 Å². The lowest BCUT2D eigenvalue weighted by Crippen LogP contribution is -2.53. The summed E-state index contributed by atoms with van der Waals surface area (Å²) >= 11 is 0. The van der Waals surface area contributed by atoms with E-state index in [1.165, 1.54) is 19.1 Å². The van der Waals surface area contributed by atoms with E-state index in [1.54, 1.807) is 12.1 Å². The van der Waals surface area contributed by atoms with Crippen molar-refractivity contribution in [3.63, 3.8) is 0 Å². The summed E-state index contributed by atoms with van der Waals surface area (Å²) in [6.07, 6.45) is 2.58. The number of benzene rings is 3. The summed E-state index contributed by atoms with van der Waals surface area (Å²) in [4.78, 5) is 57.4. The molecule has 0 radical (unpaired) electrons. The van der Waals surface area contributed by atoms with E-state index in [0.717, 1.165) is 16.1 Å². The second kappa shape index (κ2) is 10.1. The van der Waals surface area contributed by atoms with Gasteiger partial charge in [-0.25, -0.2) is 0 Å². The quantitative estimate of drug-likeness (QED) is 0.335. The summed E-state index contributed by atoms with van der Waals surface area (Å²) in [5.41, 5.74) is 5.46. The van der Waals surface area contributed by atoms with Crippen LogP contribution in [0.3, 0.4) is 0 Å². The number of nitrogens with zero attached hydrogens (tertiary/aromatic N) is 2. The highest BCUT2D eigenvalue weighted by Crippen LogP contribution is 2.64. The van der Waals surface area contributed by atoms with Gasteiger partial charge in [0.2, 0.25) is 11.8 Å². The number of allylic oxidation sites excluding steroid dienone is 2. The molecule has 2 aliphatic carbocycles. The number of nitrogens with one attached hydrogen (secondary N) is 1. The molecular formula is C35H33N3O6. The normalized spacial score (nSPS) is 29.2. The van der Waals surface area contributed by atoms with Gasteiger partial charge in [-0.3, -0.25) is 29.5 Å². The number of amides is 4. The summed E-state index contributed by atoms with van der Waals surface area (Å²) in [6.45, 7) is 1.96. The number of phenols is 1. The zero-order valence-electron chi connectivity index (χ0n) is 24.7. The lowest BCUT2D eigenvalue weighted by Gasteiger charge is -2.50. The fourth-order valence-electron chi connectivity index (χ4n) is 8.17. The van der Waals surface area contributed by atoms with E-state index in [-0.39, 0.29) is 29.7 Å². The molecule has 2 saturated heterocycles. The topological polar surface area (TPSA) is 116 Å². The zero-order valence-corrected chi connectivity index (χ0v) is 24.7. The summed E-state index contributed by atoms with van der Waals surface area (Å²) in [7, 11) is 2.97. The summed E-state index contributed by atoms with van der Waals surface area (Å²) < 4.78 is 5.32. The average molecular weight is 592 g/mol. The van der Waals surface area contributed by atoms with Gasteiger partial charge in [-0.1, -0.05) is 65.7 Å². The van der Waals surface area contributed by atoms with Crippen LogP contribution in [0.5, 0.6) is 11.5 Å². The molecule has 6 unspecified atom stereocenters. The van der Waals surface area contributed by atoms with Crippen LogP contribution in [0.25, 0.3) is 0 Å². The molecule has 44 heavy (non-hydrogen) atoms. The third-order valence-electron chi connectivity index (χ3n) is 10.1. The van der Waals surface area contributed by atoms with Crippen molar-refractivity contribution in [2.45, 2.75) is 31.1 Å². The molecule has 3 aromatic rings. The van der Waals surface area contributed by atoms with Gasteiger partial charge >= 0.3 is 0 Å². The molecule has 3 fully saturated rings. The van der Waals surface area contributed by atoms with Gasteiger partial charge in [0.05, 0.1) is 36.0 Å². The maximum absolute atomic E-state index is 15.0. The standard InChI is InChI=1S/C35H33N3O6/c1-19-9-12-22(13-10-19)36-38-32(41)26-18-25-23(14-15-24-29(25)33(42)37(2)31(24)40)30(20-11-16-28(44-3)27(39)17-20)35(26,34(38)43)21-7-5-4-6-8-21/h4-14,16-17,24-26,29-30,36,39H,15,18H2,1-3H3. The Kier molecular flexibility index (Phi) is 6.39. The number of likely N-dealkylation sites (tertiary alicyclic amines) is 1. The molecule has 9 heteroatoms. The molecule has 2 aliphatic heterocycles. The van der Waals surface area contributed by atoms with Crippen molar-refractivity contribution in [1.29, 1.82) is 0 Å². The van der Waals surface area contributed by atoms with Crippen LogP contribution in [0.2, 0.25) is 0 Å². The van der Waals surface area contributed by atoms with E-state index >= 15 is 4.79 Å². The van der Waals surface area contributed by atoms with Crippen molar-refractivity contribution in [3.8, 4) is 11.5 Å². The zero-order chi connectivity index (χ0) is 30.9. The Balaban J connectivity index is 1.47. The molecular weight excluding hydrogens is 558 g/mol. The highest BCUT2D eigenvalue weighted by atomic mass is 16.5. The molecule has 0 spiro atoms. The fourth-order valence-corrected chi connectivity index (χ4v) is 8.17. The Hall–Kier alpha value is -4.92. The van der Waals surface area contributed by atoms with Gasteiger partial charge in [0.25, 0.3) is 11.8 Å². The third-order valence-corrected chi connectivity index (χ3v) is 10.1. The van der Waals surface area contributed by atoms with Crippen molar-refractivity contribution in [2.75, 3.05) is 19.6 Å². The molecule has 4 aliphatic rings. The maximum Gasteiger partial charge on any atom is 0.260 e. The minimum Gasteiger partial charge on any atom is -0.504 e. The number of ether oxygens (including phenoxy) is 1. The third kappa shape index (κ3) is 3.77. The molecule has 2 N–H and O–H groups in total. The number of aromatic hydroxyl groups is 1.